The Hall–Kier alpha value is -0.260. The summed E-state index contributed by atoms with van der Waals surface area (Å²) in [6, 6.07) is 0. The Kier molecular flexibility index (Phi) is 4.22. The molecular formula is C9H15FN2P2. The van der Waals surface area contributed by atoms with Crippen LogP contribution in [0.5, 0.6) is 0 Å². The van der Waals surface area contributed by atoms with Gasteiger partial charge in [-0.15, -0.1) is 9.24 Å². The van der Waals surface area contributed by atoms with Crippen molar-refractivity contribution in [3.63, 3.8) is 0 Å². The minimum absolute atomic E-state index is 0.118. The number of pyridine rings is 1. The molecular weight excluding hydrogens is 217 g/mol. The number of nitrogens with zero attached hydrogens (tertiary/aromatic N) is 1. The van der Waals surface area contributed by atoms with E-state index in [2.05, 4.69) is 39.8 Å². The zero-order valence-corrected chi connectivity index (χ0v) is 10.6. The average molecular weight is 232 g/mol. The van der Waals surface area contributed by atoms with E-state index in [1.54, 1.807) is 6.20 Å². The van der Waals surface area contributed by atoms with Gasteiger partial charge >= 0.3 is 0 Å². The third-order valence-electron chi connectivity index (χ3n) is 2.06. The van der Waals surface area contributed by atoms with E-state index in [0.29, 0.717) is 11.5 Å². The summed E-state index contributed by atoms with van der Waals surface area (Å²) in [6.07, 6.45) is 2.87. The molecule has 0 aliphatic rings. The fourth-order valence-electron chi connectivity index (χ4n) is 0.940. The summed E-state index contributed by atoms with van der Waals surface area (Å²) in [5.74, 6) is 0.0161. The highest BCUT2D eigenvalue weighted by Gasteiger charge is 2.11. The predicted molar refractivity (Wildman–Crippen MR) is 65.4 cm³/mol. The lowest BCUT2D eigenvalue weighted by Crippen LogP contribution is -2.18. The first-order valence-electron chi connectivity index (χ1n) is 4.34. The fourth-order valence-corrected chi connectivity index (χ4v) is 1.63. The van der Waals surface area contributed by atoms with Crippen LogP contribution in [0.15, 0.2) is 12.4 Å². The van der Waals surface area contributed by atoms with Crippen molar-refractivity contribution in [1.29, 1.82) is 0 Å². The van der Waals surface area contributed by atoms with Crippen molar-refractivity contribution in [3.05, 3.63) is 18.2 Å². The van der Waals surface area contributed by atoms with Gasteiger partial charge in [-0.1, -0.05) is 7.92 Å². The van der Waals surface area contributed by atoms with Crippen LogP contribution in [0.25, 0.3) is 0 Å². The van der Waals surface area contributed by atoms with Gasteiger partial charge in [-0.3, -0.25) is 4.98 Å². The van der Waals surface area contributed by atoms with Crippen molar-refractivity contribution in [3.8, 4) is 0 Å². The van der Waals surface area contributed by atoms with Crippen molar-refractivity contribution in [2.75, 3.05) is 18.6 Å². The molecule has 2 unspecified atom stereocenters. The van der Waals surface area contributed by atoms with Crippen LogP contribution in [0.1, 0.15) is 6.92 Å². The summed E-state index contributed by atoms with van der Waals surface area (Å²) >= 11 is 0. The third-order valence-corrected chi connectivity index (χ3v) is 4.17. The molecule has 78 valence electrons. The van der Waals surface area contributed by atoms with Crippen LogP contribution in [0.3, 0.4) is 0 Å². The summed E-state index contributed by atoms with van der Waals surface area (Å²) in [5, 5.41) is 3.94. The van der Waals surface area contributed by atoms with Crippen molar-refractivity contribution < 1.29 is 4.39 Å². The van der Waals surface area contributed by atoms with Crippen molar-refractivity contribution >= 4 is 28.2 Å². The number of hydrogen-bond acceptors (Lipinski definition) is 2. The van der Waals surface area contributed by atoms with Gasteiger partial charge in [0, 0.05) is 17.3 Å². The quantitative estimate of drug-likeness (QED) is 0.808. The Morgan fingerprint density at radius 1 is 1.50 bits per heavy atom. The van der Waals surface area contributed by atoms with E-state index in [-0.39, 0.29) is 13.7 Å². The number of anilines is 1. The van der Waals surface area contributed by atoms with Crippen molar-refractivity contribution in [1.82, 2.24) is 4.98 Å². The van der Waals surface area contributed by atoms with E-state index in [1.807, 2.05) is 0 Å². The SMILES string of the molecule is CC(Nc1c(F)cncc1P)P(C)C. The maximum Gasteiger partial charge on any atom is 0.165 e. The van der Waals surface area contributed by atoms with E-state index in [0.717, 1.165) is 5.30 Å². The van der Waals surface area contributed by atoms with Gasteiger partial charge in [-0.2, -0.15) is 0 Å². The molecule has 0 spiro atoms. The fraction of sp³-hybridized carbons (Fsp3) is 0.444. The highest BCUT2D eigenvalue weighted by atomic mass is 31.1. The highest BCUT2D eigenvalue weighted by molar-refractivity contribution is 7.56. The van der Waals surface area contributed by atoms with E-state index in [4.69, 9.17) is 0 Å². The summed E-state index contributed by atoms with van der Waals surface area (Å²) in [6.45, 7) is 6.39. The topological polar surface area (TPSA) is 24.9 Å². The molecule has 5 heteroatoms. The number of halogens is 1. The number of aromatic nitrogens is 1. The number of rotatable bonds is 3. The molecule has 0 fully saturated rings. The van der Waals surface area contributed by atoms with Gasteiger partial charge in [0.25, 0.3) is 0 Å². The maximum absolute atomic E-state index is 13.3. The zero-order chi connectivity index (χ0) is 10.7. The summed E-state index contributed by atoms with van der Waals surface area (Å²) < 4.78 is 13.3. The van der Waals surface area contributed by atoms with Gasteiger partial charge in [0.2, 0.25) is 0 Å². The molecule has 0 saturated carbocycles. The number of hydrogen-bond donors (Lipinski definition) is 1. The molecule has 1 rings (SSSR count). The Labute approximate surface area is 87.7 Å². The van der Waals surface area contributed by atoms with E-state index in [1.165, 1.54) is 6.20 Å². The minimum atomic E-state index is -0.291. The van der Waals surface area contributed by atoms with Crippen LogP contribution in [0.4, 0.5) is 10.1 Å². The Morgan fingerprint density at radius 3 is 2.64 bits per heavy atom. The van der Waals surface area contributed by atoms with Gasteiger partial charge in [-0.25, -0.2) is 4.39 Å². The van der Waals surface area contributed by atoms with Crippen LogP contribution < -0.4 is 10.6 Å². The first-order valence-corrected chi connectivity index (χ1v) is 7.22. The average Bonchev–Trinajstić information content (AvgIpc) is 2.11. The molecule has 0 aliphatic heterocycles. The molecule has 2 nitrogen and oxygen atoms in total. The monoisotopic (exact) mass is 232 g/mol. The lowest BCUT2D eigenvalue weighted by molar-refractivity contribution is 0.625. The lowest BCUT2D eigenvalue weighted by Gasteiger charge is -2.20. The van der Waals surface area contributed by atoms with Crippen molar-refractivity contribution in [2.24, 2.45) is 0 Å². The molecule has 0 aromatic carbocycles. The van der Waals surface area contributed by atoms with E-state index >= 15 is 0 Å². The molecule has 1 N–H and O–H groups in total. The van der Waals surface area contributed by atoms with Gasteiger partial charge in [0.1, 0.15) is 0 Å². The molecule has 0 radical (unpaired) electrons. The second-order valence-electron chi connectivity index (χ2n) is 3.37. The standard InChI is InChI=1S/C9H15FN2P2/c1-6(14(2)3)12-9-7(10)4-11-5-8(9)13/h4-6H,13H2,1-3H3,(H,11,12). The van der Waals surface area contributed by atoms with Gasteiger partial charge in [0.15, 0.2) is 5.82 Å². The minimum Gasteiger partial charge on any atom is -0.376 e. The van der Waals surface area contributed by atoms with Gasteiger partial charge in [0.05, 0.1) is 11.9 Å². The highest BCUT2D eigenvalue weighted by Crippen LogP contribution is 2.32. The van der Waals surface area contributed by atoms with Crippen LogP contribution in [-0.4, -0.2) is 24.1 Å². The van der Waals surface area contributed by atoms with E-state index in [9.17, 15) is 4.39 Å². The molecule has 1 aromatic heterocycles. The Morgan fingerprint density at radius 2 is 2.14 bits per heavy atom. The second-order valence-corrected chi connectivity index (χ2v) is 6.69. The predicted octanol–water partition coefficient (Wildman–Crippen LogP) is 2.22. The molecule has 1 heterocycles. The number of nitrogens with one attached hydrogen (secondary N) is 1. The van der Waals surface area contributed by atoms with Gasteiger partial charge in [-0.05, 0) is 20.3 Å². The van der Waals surface area contributed by atoms with E-state index < -0.39 is 0 Å². The summed E-state index contributed by atoms with van der Waals surface area (Å²) in [4.78, 5) is 3.77. The molecule has 0 bridgehead atoms. The first kappa shape index (κ1) is 11.8. The van der Waals surface area contributed by atoms with Gasteiger partial charge < -0.3 is 5.32 Å². The Bertz CT molecular complexity index is 297. The molecule has 14 heavy (non-hydrogen) atoms. The molecule has 1 aromatic rings. The van der Waals surface area contributed by atoms with Crippen LogP contribution in [-0.2, 0) is 0 Å². The smallest absolute Gasteiger partial charge is 0.165 e. The maximum atomic E-state index is 13.3. The van der Waals surface area contributed by atoms with Crippen LogP contribution in [0.2, 0.25) is 0 Å². The van der Waals surface area contributed by atoms with Crippen molar-refractivity contribution in [2.45, 2.75) is 12.7 Å². The third kappa shape index (κ3) is 2.87. The first-order chi connectivity index (χ1) is 6.52. The second kappa shape index (κ2) is 5.00. The molecule has 0 aliphatic carbocycles. The molecule has 0 saturated heterocycles. The van der Waals surface area contributed by atoms with Crippen LogP contribution in [0, 0.1) is 5.82 Å². The normalized spacial score (nSPS) is 13.0. The molecule has 0 amide bonds. The largest absolute Gasteiger partial charge is 0.376 e. The zero-order valence-electron chi connectivity index (χ0n) is 8.58. The summed E-state index contributed by atoms with van der Waals surface area (Å²) in [7, 11) is 2.37. The summed E-state index contributed by atoms with van der Waals surface area (Å²) in [5.41, 5.74) is 0.550. The molecule has 2 atom stereocenters. The lowest BCUT2D eigenvalue weighted by atomic mass is 10.4. The van der Waals surface area contributed by atoms with Crippen LogP contribution >= 0.6 is 17.2 Å². The Balaban J connectivity index is 2.85.